The molecule has 1 heterocycles. The molecule has 0 aliphatic rings. The third kappa shape index (κ3) is 5.11. The molecule has 0 aliphatic heterocycles. The van der Waals surface area contributed by atoms with Gasteiger partial charge in [0.2, 0.25) is 11.9 Å². The van der Waals surface area contributed by atoms with E-state index in [1.54, 1.807) is 14.2 Å². The van der Waals surface area contributed by atoms with E-state index < -0.39 is 0 Å². The SMILES string of the molecule is COc1ccc(CN(C)C(C)c2nc(N)nc(Nc3ccccc3)n2)c(OC)c1. The quantitative estimate of drug-likeness (QED) is 0.600. The van der Waals surface area contributed by atoms with E-state index in [9.17, 15) is 0 Å². The minimum atomic E-state index is -0.0940. The van der Waals surface area contributed by atoms with Crippen molar-refractivity contribution in [1.29, 1.82) is 0 Å². The molecule has 2 aromatic carbocycles. The fourth-order valence-electron chi connectivity index (χ4n) is 2.89. The number of benzene rings is 2. The van der Waals surface area contributed by atoms with Gasteiger partial charge < -0.3 is 20.5 Å². The van der Waals surface area contributed by atoms with Crippen molar-refractivity contribution in [3.05, 3.63) is 59.9 Å². The van der Waals surface area contributed by atoms with Gasteiger partial charge in [-0.15, -0.1) is 0 Å². The van der Waals surface area contributed by atoms with Crippen molar-refractivity contribution in [3.8, 4) is 11.5 Å². The van der Waals surface area contributed by atoms with Crippen molar-refractivity contribution >= 4 is 17.6 Å². The molecule has 1 aromatic heterocycles. The van der Waals surface area contributed by atoms with Gasteiger partial charge in [-0.1, -0.05) is 24.3 Å². The molecule has 8 heteroatoms. The normalized spacial score (nSPS) is 11.9. The first-order valence-electron chi connectivity index (χ1n) is 9.24. The lowest BCUT2D eigenvalue weighted by Crippen LogP contribution is -2.24. The largest absolute Gasteiger partial charge is 0.497 e. The average molecular weight is 394 g/mol. The van der Waals surface area contributed by atoms with Crippen molar-refractivity contribution in [1.82, 2.24) is 19.9 Å². The van der Waals surface area contributed by atoms with Gasteiger partial charge in [0.1, 0.15) is 11.5 Å². The zero-order valence-corrected chi connectivity index (χ0v) is 17.1. The topological polar surface area (TPSA) is 98.4 Å². The Morgan fingerprint density at radius 2 is 1.79 bits per heavy atom. The van der Waals surface area contributed by atoms with Crippen LogP contribution in [0.1, 0.15) is 24.4 Å². The van der Waals surface area contributed by atoms with E-state index in [4.69, 9.17) is 15.2 Å². The number of nitrogens with zero attached hydrogens (tertiary/aromatic N) is 4. The van der Waals surface area contributed by atoms with Crippen LogP contribution in [0.25, 0.3) is 0 Å². The second kappa shape index (κ2) is 9.20. The number of nitrogen functional groups attached to an aromatic ring is 1. The first-order valence-corrected chi connectivity index (χ1v) is 9.24. The predicted octanol–water partition coefficient (Wildman–Crippen LogP) is 3.41. The van der Waals surface area contributed by atoms with E-state index in [2.05, 4.69) is 25.2 Å². The Labute approximate surface area is 170 Å². The van der Waals surface area contributed by atoms with Gasteiger partial charge in [-0.05, 0) is 32.2 Å². The van der Waals surface area contributed by atoms with Crippen LogP contribution in [0, 0.1) is 0 Å². The standard InChI is InChI=1S/C21H26N6O2/c1-14(27(2)13-15-10-11-17(28-3)12-18(15)29-4)19-24-20(22)26-21(25-19)23-16-8-6-5-7-9-16/h5-12,14H,13H2,1-4H3,(H3,22,23,24,25,26). The summed E-state index contributed by atoms with van der Waals surface area (Å²) in [7, 11) is 5.28. The fraction of sp³-hybridized carbons (Fsp3) is 0.286. The molecule has 0 saturated carbocycles. The highest BCUT2D eigenvalue weighted by molar-refractivity contribution is 5.53. The number of nitrogens with two attached hydrogens (primary N) is 1. The van der Waals surface area contributed by atoms with E-state index >= 15 is 0 Å². The number of anilines is 3. The maximum atomic E-state index is 5.93. The van der Waals surface area contributed by atoms with E-state index in [0.717, 1.165) is 22.7 Å². The van der Waals surface area contributed by atoms with Gasteiger partial charge in [0.05, 0.1) is 20.3 Å². The highest BCUT2D eigenvalue weighted by Gasteiger charge is 2.19. The second-order valence-corrected chi connectivity index (χ2v) is 6.64. The van der Waals surface area contributed by atoms with Gasteiger partial charge in [-0.3, -0.25) is 4.90 Å². The predicted molar refractivity (Wildman–Crippen MR) is 113 cm³/mol. The third-order valence-electron chi connectivity index (χ3n) is 4.65. The van der Waals surface area contributed by atoms with Crippen LogP contribution in [-0.2, 0) is 6.54 Å². The van der Waals surface area contributed by atoms with Crippen molar-refractivity contribution in [2.75, 3.05) is 32.3 Å². The number of hydrogen-bond acceptors (Lipinski definition) is 8. The molecule has 1 atom stereocenters. The van der Waals surface area contributed by atoms with Crippen LogP contribution >= 0.6 is 0 Å². The average Bonchev–Trinajstić information content (AvgIpc) is 2.73. The summed E-state index contributed by atoms with van der Waals surface area (Å²) in [6.45, 7) is 2.67. The maximum absolute atomic E-state index is 5.93. The Morgan fingerprint density at radius 3 is 2.48 bits per heavy atom. The fourth-order valence-corrected chi connectivity index (χ4v) is 2.89. The molecule has 0 fully saturated rings. The van der Waals surface area contributed by atoms with Gasteiger partial charge in [0, 0.05) is 23.9 Å². The van der Waals surface area contributed by atoms with E-state index in [1.165, 1.54) is 0 Å². The third-order valence-corrected chi connectivity index (χ3v) is 4.65. The Kier molecular flexibility index (Phi) is 6.46. The summed E-state index contributed by atoms with van der Waals surface area (Å²) in [6, 6.07) is 15.4. The first kappa shape index (κ1) is 20.3. The lowest BCUT2D eigenvalue weighted by Gasteiger charge is -2.24. The molecule has 8 nitrogen and oxygen atoms in total. The van der Waals surface area contributed by atoms with Crippen LogP contribution in [0.4, 0.5) is 17.6 Å². The number of ether oxygens (including phenoxy) is 2. The molecule has 3 aromatic rings. The van der Waals surface area contributed by atoms with Crippen molar-refractivity contribution in [2.24, 2.45) is 0 Å². The lowest BCUT2D eigenvalue weighted by atomic mass is 10.1. The van der Waals surface area contributed by atoms with Crippen LogP contribution in [0.2, 0.25) is 0 Å². The lowest BCUT2D eigenvalue weighted by molar-refractivity contribution is 0.240. The summed E-state index contributed by atoms with van der Waals surface area (Å²) in [6.07, 6.45) is 0. The molecule has 0 radical (unpaired) electrons. The Bertz CT molecular complexity index is 951. The molecule has 0 saturated heterocycles. The number of rotatable bonds is 8. The van der Waals surface area contributed by atoms with Crippen LogP contribution in [0.3, 0.4) is 0 Å². The summed E-state index contributed by atoms with van der Waals surface area (Å²) < 4.78 is 10.8. The number of aromatic nitrogens is 3. The van der Waals surface area contributed by atoms with Crippen molar-refractivity contribution < 1.29 is 9.47 Å². The van der Waals surface area contributed by atoms with E-state index in [-0.39, 0.29) is 12.0 Å². The van der Waals surface area contributed by atoms with Crippen molar-refractivity contribution in [3.63, 3.8) is 0 Å². The molecule has 3 rings (SSSR count). The van der Waals surface area contributed by atoms with Gasteiger partial charge in [-0.2, -0.15) is 15.0 Å². The van der Waals surface area contributed by atoms with Crippen LogP contribution in [0.5, 0.6) is 11.5 Å². The molecular weight excluding hydrogens is 368 g/mol. The second-order valence-electron chi connectivity index (χ2n) is 6.64. The van der Waals surface area contributed by atoms with Crippen LogP contribution < -0.4 is 20.5 Å². The number of para-hydroxylation sites is 1. The number of methoxy groups -OCH3 is 2. The molecule has 152 valence electrons. The highest BCUT2D eigenvalue weighted by atomic mass is 16.5. The summed E-state index contributed by atoms with van der Waals surface area (Å²) in [5.74, 6) is 2.70. The summed E-state index contributed by atoms with van der Waals surface area (Å²) in [5, 5.41) is 3.16. The Morgan fingerprint density at radius 1 is 1.03 bits per heavy atom. The Balaban J connectivity index is 1.78. The zero-order valence-electron chi connectivity index (χ0n) is 17.1. The Hall–Kier alpha value is -3.39. The molecule has 0 amide bonds. The van der Waals surface area contributed by atoms with Gasteiger partial charge in [-0.25, -0.2) is 0 Å². The molecule has 29 heavy (non-hydrogen) atoms. The van der Waals surface area contributed by atoms with E-state index in [1.807, 2.05) is 62.5 Å². The summed E-state index contributed by atoms with van der Waals surface area (Å²) in [4.78, 5) is 15.2. The number of hydrogen-bond donors (Lipinski definition) is 2. The molecule has 0 aliphatic carbocycles. The maximum Gasteiger partial charge on any atom is 0.232 e. The molecule has 0 spiro atoms. The van der Waals surface area contributed by atoms with Gasteiger partial charge in [0.15, 0.2) is 5.82 Å². The monoisotopic (exact) mass is 394 g/mol. The highest BCUT2D eigenvalue weighted by Crippen LogP contribution is 2.28. The molecule has 3 N–H and O–H groups in total. The first-order chi connectivity index (χ1) is 14.0. The van der Waals surface area contributed by atoms with Crippen molar-refractivity contribution in [2.45, 2.75) is 19.5 Å². The summed E-state index contributed by atoms with van der Waals surface area (Å²) in [5.41, 5.74) is 7.84. The van der Waals surface area contributed by atoms with Gasteiger partial charge >= 0.3 is 0 Å². The molecule has 1 unspecified atom stereocenters. The molecular formula is C21H26N6O2. The van der Waals surface area contributed by atoms with E-state index in [0.29, 0.717) is 18.3 Å². The summed E-state index contributed by atoms with van der Waals surface area (Å²) >= 11 is 0. The minimum Gasteiger partial charge on any atom is -0.497 e. The van der Waals surface area contributed by atoms with Crippen LogP contribution in [0.15, 0.2) is 48.5 Å². The zero-order chi connectivity index (χ0) is 20.8. The van der Waals surface area contributed by atoms with Crippen LogP contribution in [-0.4, -0.2) is 41.1 Å². The molecule has 0 bridgehead atoms. The smallest absolute Gasteiger partial charge is 0.232 e. The number of nitrogens with one attached hydrogen (secondary N) is 1. The minimum absolute atomic E-state index is 0.0940. The van der Waals surface area contributed by atoms with Gasteiger partial charge in [0.25, 0.3) is 0 Å².